The SMILES string of the molecule is CCCc1nnc2n1NC(c1ccc(C)cc1C)CS2. The zero-order valence-electron chi connectivity index (χ0n) is 12.2. The molecule has 0 radical (unpaired) electrons. The van der Waals surface area contributed by atoms with Crippen molar-refractivity contribution in [2.75, 3.05) is 11.2 Å². The van der Waals surface area contributed by atoms with Crippen LogP contribution in [0.3, 0.4) is 0 Å². The third kappa shape index (κ3) is 2.42. The lowest BCUT2D eigenvalue weighted by molar-refractivity contribution is 0.625. The van der Waals surface area contributed by atoms with Crippen molar-refractivity contribution in [3.63, 3.8) is 0 Å². The highest BCUT2D eigenvalue weighted by atomic mass is 32.2. The van der Waals surface area contributed by atoms with Crippen LogP contribution < -0.4 is 5.43 Å². The molecule has 1 unspecified atom stereocenters. The van der Waals surface area contributed by atoms with Crippen LogP contribution >= 0.6 is 11.8 Å². The van der Waals surface area contributed by atoms with Gasteiger partial charge in [-0.15, -0.1) is 10.2 Å². The molecule has 106 valence electrons. The van der Waals surface area contributed by atoms with E-state index in [4.69, 9.17) is 0 Å². The molecule has 0 saturated heterocycles. The van der Waals surface area contributed by atoms with Gasteiger partial charge in [0.15, 0.2) is 5.82 Å². The monoisotopic (exact) mass is 288 g/mol. The molecule has 1 aliphatic heterocycles. The maximum Gasteiger partial charge on any atom is 0.210 e. The smallest absolute Gasteiger partial charge is 0.210 e. The average Bonchev–Trinajstić information content (AvgIpc) is 2.82. The highest BCUT2D eigenvalue weighted by Crippen LogP contribution is 2.31. The maximum atomic E-state index is 4.28. The van der Waals surface area contributed by atoms with Crippen LogP contribution in [0.4, 0.5) is 0 Å². The molecule has 1 N–H and O–H groups in total. The van der Waals surface area contributed by atoms with Gasteiger partial charge in [-0.3, -0.25) is 0 Å². The first-order chi connectivity index (χ1) is 9.69. The minimum Gasteiger partial charge on any atom is -0.314 e. The fourth-order valence-electron chi connectivity index (χ4n) is 2.64. The van der Waals surface area contributed by atoms with Crippen molar-refractivity contribution in [1.82, 2.24) is 14.9 Å². The van der Waals surface area contributed by atoms with Gasteiger partial charge in [0.2, 0.25) is 5.16 Å². The van der Waals surface area contributed by atoms with E-state index in [1.807, 2.05) is 0 Å². The van der Waals surface area contributed by atoms with Gasteiger partial charge >= 0.3 is 0 Å². The molecule has 0 amide bonds. The number of nitrogens with zero attached hydrogens (tertiary/aromatic N) is 3. The summed E-state index contributed by atoms with van der Waals surface area (Å²) in [5.41, 5.74) is 7.60. The predicted octanol–water partition coefficient (Wildman–Crippen LogP) is 3.24. The van der Waals surface area contributed by atoms with Crippen molar-refractivity contribution in [3.8, 4) is 0 Å². The third-order valence-corrected chi connectivity index (χ3v) is 4.66. The lowest BCUT2D eigenvalue weighted by atomic mass is 10.0. The average molecular weight is 288 g/mol. The Morgan fingerprint density at radius 1 is 1.35 bits per heavy atom. The van der Waals surface area contributed by atoms with E-state index in [0.29, 0.717) is 6.04 Å². The molecule has 1 aliphatic rings. The Kier molecular flexibility index (Phi) is 3.70. The van der Waals surface area contributed by atoms with Crippen molar-refractivity contribution in [2.24, 2.45) is 0 Å². The second-order valence-corrected chi connectivity index (χ2v) is 6.32. The number of rotatable bonds is 3. The Hall–Kier alpha value is -1.49. The van der Waals surface area contributed by atoms with E-state index in [9.17, 15) is 0 Å². The van der Waals surface area contributed by atoms with Gasteiger partial charge in [0.25, 0.3) is 0 Å². The van der Waals surface area contributed by atoms with Crippen LogP contribution in [-0.4, -0.2) is 20.6 Å². The number of fused-ring (bicyclic) bond motifs is 1. The van der Waals surface area contributed by atoms with E-state index in [1.165, 1.54) is 16.7 Å². The van der Waals surface area contributed by atoms with Gasteiger partial charge in [-0.25, -0.2) is 4.68 Å². The molecule has 20 heavy (non-hydrogen) atoms. The summed E-state index contributed by atoms with van der Waals surface area (Å²) in [5.74, 6) is 2.03. The molecule has 1 aromatic heterocycles. The number of hydrogen-bond donors (Lipinski definition) is 1. The number of benzene rings is 1. The molecule has 0 fully saturated rings. The Labute approximate surface area is 124 Å². The van der Waals surface area contributed by atoms with Gasteiger partial charge in [0.05, 0.1) is 6.04 Å². The topological polar surface area (TPSA) is 42.7 Å². The summed E-state index contributed by atoms with van der Waals surface area (Å²) >= 11 is 1.78. The van der Waals surface area contributed by atoms with Crippen molar-refractivity contribution in [3.05, 3.63) is 40.7 Å². The first-order valence-electron chi connectivity index (χ1n) is 7.10. The highest BCUT2D eigenvalue weighted by molar-refractivity contribution is 7.99. The van der Waals surface area contributed by atoms with Crippen LogP contribution in [0.5, 0.6) is 0 Å². The summed E-state index contributed by atoms with van der Waals surface area (Å²) in [6, 6.07) is 6.98. The molecule has 2 aromatic rings. The zero-order chi connectivity index (χ0) is 14.1. The minimum atomic E-state index is 0.319. The van der Waals surface area contributed by atoms with Crippen LogP contribution in [-0.2, 0) is 6.42 Å². The molecular weight excluding hydrogens is 268 g/mol. The second-order valence-electron chi connectivity index (χ2n) is 5.34. The van der Waals surface area contributed by atoms with Gasteiger partial charge in [-0.05, 0) is 31.4 Å². The Bertz CT molecular complexity index is 620. The number of aryl methyl sites for hydroxylation is 3. The lowest BCUT2D eigenvalue weighted by Crippen LogP contribution is -2.29. The first-order valence-corrected chi connectivity index (χ1v) is 8.08. The molecule has 2 heterocycles. The number of hydrogen-bond acceptors (Lipinski definition) is 4. The first kappa shape index (κ1) is 13.5. The fraction of sp³-hybridized carbons (Fsp3) is 0.467. The summed E-state index contributed by atoms with van der Waals surface area (Å²) in [6.07, 6.45) is 2.04. The van der Waals surface area contributed by atoms with Gasteiger partial charge in [-0.1, -0.05) is 42.4 Å². The van der Waals surface area contributed by atoms with Gasteiger partial charge in [-0.2, -0.15) is 0 Å². The van der Waals surface area contributed by atoms with E-state index in [-0.39, 0.29) is 0 Å². The molecule has 1 atom stereocenters. The van der Waals surface area contributed by atoms with Gasteiger partial charge < -0.3 is 5.43 Å². The number of aromatic nitrogens is 3. The van der Waals surface area contributed by atoms with Crippen LogP contribution in [0.15, 0.2) is 23.4 Å². The summed E-state index contributed by atoms with van der Waals surface area (Å²) < 4.78 is 2.07. The largest absolute Gasteiger partial charge is 0.314 e. The van der Waals surface area contributed by atoms with Crippen molar-refractivity contribution < 1.29 is 0 Å². The lowest BCUT2D eigenvalue weighted by Gasteiger charge is -2.27. The molecule has 0 saturated carbocycles. The Balaban J connectivity index is 1.89. The maximum absolute atomic E-state index is 4.28. The van der Waals surface area contributed by atoms with Crippen LogP contribution in [0.2, 0.25) is 0 Å². The second kappa shape index (κ2) is 5.48. The quantitative estimate of drug-likeness (QED) is 0.941. The predicted molar refractivity (Wildman–Crippen MR) is 82.8 cm³/mol. The van der Waals surface area contributed by atoms with Crippen LogP contribution in [0.25, 0.3) is 0 Å². The van der Waals surface area contributed by atoms with E-state index in [2.05, 4.69) is 59.3 Å². The Morgan fingerprint density at radius 3 is 2.95 bits per heavy atom. The normalized spacial score (nSPS) is 17.6. The van der Waals surface area contributed by atoms with Crippen LogP contribution in [0.1, 0.15) is 41.9 Å². The summed E-state index contributed by atoms with van der Waals surface area (Å²) in [7, 11) is 0. The van der Waals surface area contributed by atoms with E-state index in [0.717, 1.165) is 29.6 Å². The molecule has 4 nitrogen and oxygen atoms in total. The van der Waals surface area contributed by atoms with E-state index < -0.39 is 0 Å². The summed E-state index contributed by atoms with van der Waals surface area (Å²) in [6.45, 7) is 6.49. The molecule has 3 rings (SSSR count). The molecular formula is C15H20N4S. The van der Waals surface area contributed by atoms with E-state index in [1.54, 1.807) is 11.8 Å². The molecule has 1 aromatic carbocycles. The van der Waals surface area contributed by atoms with E-state index >= 15 is 0 Å². The molecule has 5 heteroatoms. The van der Waals surface area contributed by atoms with Crippen molar-refractivity contribution >= 4 is 11.8 Å². The molecule has 0 aliphatic carbocycles. The van der Waals surface area contributed by atoms with Gasteiger partial charge in [0, 0.05) is 12.2 Å². The highest BCUT2D eigenvalue weighted by Gasteiger charge is 2.24. The van der Waals surface area contributed by atoms with Crippen molar-refractivity contribution in [2.45, 2.75) is 44.8 Å². The Morgan fingerprint density at radius 2 is 2.20 bits per heavy atom. The van der Waals surface area contributed by atoms with Crippen molar-refractivity contribution in [1.29, 1.82) is 0 Å². The summed E-state index contributed by atoms with van der Waals surface area (Å²) in [5, 5.41) is 9.52. The third-order valence-electron chi connectivity index (χ3n) is 3.64. The fourth-order valence-corrected chi connectivity index (χ4v) is 3.59. The molecule has 0 spiro atoms. The van der Waals surface area contributed by atoms with Crippen LogP contribution in [0, 0.1) is 13.8 Å². The minimum absolute atomic E-state index is 0.319. The standard InChI is InChI=1S/C15H20N4S/c1-4-5-14-16-17-15-19(14)18-13(9-20-15)12-7-6-10(2)8-11(12)3/h6-8,13,18H,4-5,9H2,1-3H3. The number of thioether (sulfide) groups is 1. The zero-order valence-corrected chi connectivity index (χ0v) is 13.0. The molecule has 0 bridgehead atoms. The number of nitrogens with one attached hydrogen (secondary N) is 1. The van der Waals surface area contributed by atoms with Gasteiger partial charge in [0.1, 0.15) is 0 Å². The summed E-state index contributed by atoms with van der Waals surface area (Å²) in [4.78, 5) is 0.